The van der Waals surface area contributed by atoms with Gasteiger partial charge in [0.2, 0.25) is 5.88 Å². The van der Waals surface area contributed by atoms with Crippen LogP contribution in [-0.4, -0.2) is 16.6 Å². The second kappa shape index (κ2) is 3.33. The lowest BCUT2D eigenvalue weighted by Gasteiger charge is -2.01. The van der Waals surface area contributed by atoms with Crippen molar-refractivity contribution < 1.29 is 13.5 Å². The van der Waals surface area contributed by atoms with Crippen LogP contribution in [0, 0.1) is 0 Å². The van der Waals surface area contributed by atoms with E-state index in [1.807, 2.05) is 0 Å². The summed E-state index contributed by atoms with van der Waals surface area (Å²) in [5.41, 5.74) is 6.00. The third kappa shape index (κ3) is 1.72. The zero-order chi connectivity index (χ0) is 10.1. The first-order valence-electron chi connectivity index (χ1n) is 3.63. The van der Waals surface area contributed by atoms with Crippen molar-refractivity contribution in [1.82, 2.24) is 9.97 Å². The van der Waals surface area contributed by atoms with E-state index in [4.69, 9.17) is 5.73 Å². The summed E-state index contributed by atoms with van der Waals surface area (Å²) in [6, 6.07) is 2.86. The van der Waals surface area contributed by atoms with E-state index >= 15 is 0 Å². The molecule has 2 N–H and O–H groups in total. The van der Waals surface area contributed by atoms with Crippen LogP contribution in [0.3, 0.4) is 0 Å². The van der Waals surface area contributed by atoms with E-state index in [1.165, 1.54) is 12.1 Å². The van der Waals surface area contributed by atoms with Gasteiger partial charge in [-0.2, -0.15) is 8.78 Å². The molecule has 74 valence electrons. The fraction of sp³-hybridized carbons (Fsp3) is 0.143. The van der Waals surface area contributed by atoms with Crippen LogP contribution in [0.4, 0.5) is 13.9 Å². The first-order valence-corrected chi connectivity index (χ1v) is 4.44. The highest BCUT2D eigenvalue weighted by Crippen LogP contribution is 2.24. The molecule has 4 nitrogen and oxygen atoms in total. The van der Waals surface area contributed by atoms with Gasteiger partial charge in [0.15, 0.2) is 5.13 Å². The maximum atomic E-state index is 11.8. The Balaban J connectivity index is 2.40. The maximum absolute atomic E-state index is 11.8. The molecule has 14 heavy (non-hydrogen) atoms. The first-order chi connectivity index (χ1) is 6.65. The Hall–Kier alpha value is -1.50. The third-order valence-electron chi connectivity index (χ3n) is 1.46. The summed E-state index contributed by atoms with van der Waals surface area (Å²) in [6.45, 7) is -2.87. The van der Waals surface area contributed by atoms with Gasteiger partial charge in [-0.1, -0.05) is 11.3 Å². The molecule has 7 heteroatoms. The largest absolute Gasteiger partial charge is 0.417 e. The Morgan fingerprint density at radius 1 is 1.36 bits per heavy atom. The molecule has 2 aromatic rings. The molecule has 0 aliphatic rings. The first kappa shape index (κ1) is 9.07. The summed E-state index contributed by atoms with van der Waals surface area (Å²) in [5, 5.41) is 0.349. The lowest BCUT2D eigenvalue weighted by atomic mass is 10.4. The van der Waals surface area contributed by atoms with Crippen LogP contribution in [0.2, 0.25) is 0 Å². The van der Waals surface area contributed by atoms with Crippen LogP contribution in [-0.2, 0) is 0 Å². The number of halogens is 2. The predicted molar refractivity (Wildman–Crippen MR) is 48.5 cm³/mol. The molecule has 0 radical (unpaired) electrons. The van der Waals surface area contributed by atoms with Crippen LogP contribution >= 0.6 is 11.3 Å². The fourth-order valence-electron chi connectivity index (χ4n) is 0.974. The lowest BCUT2D eigenvalue weighted by Crippen LogP contribution is -2.02. The van der Waals surface area contributed by atoms with Gasteiger partial charge in [0.1, 0.15) is 10.3 Å². The van der Waals surface area contributed by atoms with Gasteiger partial charge in [-0.3, -0.25) is 0 Å². The van der Waals surface area contributed by atoms with E-state index in [1.54, 1.807) is 0 Å². The highest BCUT2D eigenvalue weighted by atomic mass is 32.1. The molecule has 0 bridgehead atoms. The van der Waals surface area contributed by atoms with E-state index in [0.717, 1.165) is 11.3 Å². The predicted octanol–water partition coefficient (Wildman–Crippen LogP) is 1.87. The van der Waals surface area contributed by atoms with E-state index in [-0.39, 0.29) is 5.88 Å². The fourth-order valence-corrected chi connectivity index (χ4v) is 1.67. The van der Waals surface area contributed by atoms with Crippen molar-refractivity contribution in [3.05, 3.63) is 12.1 Å². The SMILES string of the molecule is Nc1nc2ccc(OC(F)F)nc2s1. The van der Waals surface area contributed by atoms with Crippen LogP contribution in [0.25, 0.3) is 10.3 Å². The van der Waals surface area contributed by atoms with Gasteiger partial charge in [0.25, 0.3) is 0 Å². The number of hydrogen-bond donors (Lipinski definition) is 1. The number of alkyl halides is 2. The molecule has 2 heterocycles. The second-order valence-corrected chi connectivity index (χ2v) is 3.41. The van der Waals surface area contributed by atoms with Gasteiger partial charge < -0.3 is 10.5 Å². The number of hydrogen-bond acceptors (Lipinski definition) is 5. The molecule has 0 aliphatic carbocycles. The molecule has 0 unspecified atom stereocenters. The number of nitrogens with zero attached hydrogens (tertiary/aromatic N) is 2. The molecule has 0 saturated heterocycles. The summed E-state index contributed by atoms with van der Waals surface area (Å²) < 4.78 is 27.8. The minimum absolute atomic E-state index is 0.129. The summed E-state index contributed by atoms with van der Waals surface area (Å²) in [7, 11) is 0. The number of ether oxygens (including phenoxy) is 1. The Morgan fingerprint density at radius 2 is 2.14 bits per heavy atom. The molecular formula is C7H5F2N3OS. The second-order valence-electron chi connectivity index (χ2n) is 2.40. The summed E-state index contributed by atoms with van der Waals surface area (Å²) in [5.74, 6) is -0.129. The van der Waals surface area contributed by atoms with E-state index in [2.05, 4.69) is 14.7 Å². The smallest absolute Gasteiger partial charge is 0.388 e. The van der Waals surface area contributed by atoms with Gasteiger partial charge in [-0.05, 0) is 6.07 Å². The van der Waals surface area contributed by atoms with Crippen LogP contribution in [0.1, 0.15) is 0 Å². The zero-order valence-electron chi connectivity index (χ0n) is 6.78. The average Bonchev–Trinajstić information content (AvgIpc) is 2.42. The average molecular weight is 217 g/mol. The number of anilines is 1. The molecule has 0 aliphatic heterocycles. The number of aromatic nitrogens is 2. The normalized spacial score (nSPS) is 11.1. The van der Waals surface area contributed by atoms with E-state index in [0.29, 0.717) is 15.5 Å². The molecule has 2 rings (SSSR count). The molecule has 0 spiro atoms. The number of nitrogens with two attached hydrogens (primary N) is 1. The van der Waals surface area contributed by atoms with Crippen molar-refractivity contribution in [2.45, 2.75) is 6.61 Å². The van der Waals surface area contributed by atoms with Crippen molar-refractivity contribution >= 4 is 26.8 Å². The molecule has 0 fully saturated rings. The molecule has 0 aromatic carbocycles. The van der Waals surface area contributed by atoms with E-state index < -0.39 is 6.61 Å². The number of nitrogen functional groups attached to an aromatic ring is 1. The minimum Gasteiger partial charge on any atom is -0.417 e. The molecular weight excluding hydrogens is 212 g/mol. The molecule has 0 atom stereocenters. The number of pyridine rings is 1. The Kier molecular flexibility index (Phi) is 2.16. The number of fused-ring (bicyclic) bond motifs is 1. The lowest BCUT2D eigenvalue weighted by molar-refractivity contribution is -0.0526. The standard InChI is InChI=1S/C7H5F2N3OS/c8-6(9)13-4-2-1-3-5(12-4)14-7(10)11-3/h1-2,6H,(H2,10,11). The van der Waals surface area contributed by atoms with Crippen molar-refractivity contribution in [1.29, 1.82) is 0 Å². The number of rotatable bonds is 2. The Morgan fingerprint density at radius 3 is 2.86 bits per heavy atom. The van der Waals surface area contributed by atoms with Gasteiger partial charge in [-0.15, -0.1) is 0 Å². The van der Waals surface area contributed by atoms with Gasteiger partial charge >= 0.3 is 6.61 Å². The quantitative estimate of drug-likeness (QED) is 0.834. The highest BCUT2D eigenvalue weighted by Gasteiger charge is 2.08. The molecule has 0 saturated carbocycles. The van der Waals surface area contributed by atoms with Crippen molar-refractivity contribution in [2.75, 3.05) is 5.73 Å². The van der Waals surface area contributed by atoms with Crippen LogP contribution in [0.15, 0.2) is 12.1 Å². The topological polar surface area (TPSA) is 61.0 Å². The van der Waals surface area contributed by atoms with Gasteiger partial charge in [0.05, 0.1) is 0 Å². The number of thiazole rings is 1. The summed E-state index contributed by atoms with van der Waals surface area (Å²) in [6.07, 6.45) is 0. The highest BCUT2D eigenvalue weighted by molar-refractivity contribution is 7.21. The Bertz CT molecular complexity index is 459. The van der Waals surface area contributed by atoms with Crippen LogP contribution in [0.5, 0.6) is 5.88 Å². The summed E-state index contributed by atoms with van der Waals surface area (Å²) in [4.78, 5) is 8.22. The molecule has 0 amide bonds. The monoisotopic (exact) mass is 217 g/mol. The minimum atomic E-state index is -2.87. The van der Waals surface area contributed by atoms with Crippen molar-refractivity contribution in [3.8, 4) is 5.88 Å². The van der Waals surface area contributed by atoms with Crippen molar-refractivity contribution in [2.24, 2.45) is 0 Å². The Labute approximate surface area is 81.3 Å². The summed E-state index contributed by atoms with van der Waals surface area (Å²) >= 11 is 1.12. The molecule has 2 aromatic heterocycles. The van der Waals surface area contributed by atoms with E-state index in [9.17, 15) is 8.78 Å². The van der Waals surface area contributed by atoms with Crippen molar-refractivity contribution in [3.63, 3.8) is 0 Å². The van der Waals surface area contributed by atoms with Crippen LogP contribution < -0.4 is 10.5 Å². The maximum Gasteiger partial charge on any atom is 0.388 e. The van der Waals surface area contributed by atoms with Gasteiger partial charge in [0, 0.05) is 6.07 Å². The zero-order valence-corrected chi connectivity index (χ0v) is 7.59. The third-order valence-corrected chi connectivity index (χ3v) is 2.25. The van der Waals surface area contributed by atoms with Gasteiger partial charge in [-0.25, -0.2) is 9.97 Å².